The van der Waals surface area contributed by atoms with Gasteiger partial charge in [0.05, 0.1) is 5.69 Å². The van der Waals surface area contributed by atoms with Crippen LogP contribution in [-0.4, -0.2) is 21.3 Å². The summed E-state index contributed by atoms with van der Waals surface area (Å²) in [6.45, 7) is 0.576. The van der Waals surface area contributed by atoms with Crippen molar-refractivity contribution in [2.24, 2.45) is 5.73 Å². The Hall–Kier alpha value is -1.20. The Morgan fingerprint density at radius 1 is 1.40 bits per heavy atom. The van der Waals surface area contributed by atoms with Gasteiger partial charge >= 0.3 is 0 Å². The molecule has 0 atom stereocenters. The van der Waals surface area contributed by atoms with Crippen molar-refractivity contribution in [2.45, 2.75) is 6.42 Å². The first kappa shape index (κ1) is 10.3. The maximum absolute atomic E-state index is 5.51. The Bertz CT molecular complexity index is 452. The van der Waals surface area contributed by atoms with Gasteiger partial charge in [0, 0.05) is 10.9 Å². The summed E-state index contributed by atoms with van der Waals surface area (Å²) in [4.78, 5) is 4.17. The van der Waals surface area contributed by atoms with Crippen molar-refractivity contribution in [1.29, 1.82) is 0 Å². The minimum absolute atomic E-state index is 0.576. The first-order valence-electron chi connectivity index (χ1n) is 4.66. The number of rotatable bonds is 3. The second kappa shape index (κ2) is 4.55. The summed E-state index contributed by atoms with van der Waals surface area (Å²) in [5, 5.41) is 4.18. The first-order valence-corrected chi connectivity index (χ1v) is 5.45. The summed E-state index contributed by atoms with van der Waals surface area (Å²) in [7, 11) is 0. The quantitative estimate of drug-likeness (QED) is 0.917. The number of hydrogen-bond donors (Lipinski definition) is 1. The minimum atomic E-state index is 0.576. The van der Waals surface area contributed by atoms with E-state index in [0.717, 1.165) is 22.4 Å². The third-order valence-corrected chi connectivity index (χ3v) is 2.53. The molecule has 1 aromatic heterocycles. The summed E-state index contributed by atoms with van der Waals surface area (Å²) >= 11 is 3.43. The molecule has 0 aliphatic carbocycles. The van der Waals surface area contributed by atoms with E-state index >= 15 is 0 Å². The zero-order valence-electron chi connectivity index (χ0n) is 8.10. The summed E-state index contributed by atoms with van der Waals surface area (Å²) in [5.74, 6) is 0.885. The normalized spacial score (nSPS) is 10.5. The molecule has 0 aliphatic heterocycles. The smallest absolute Gasteiger partial charge is 0.138 e. The number of aromatic nitrogens is 3. The molecule has 0 bridgehead atoms. The third-order valence-electron chi connectivity index (χ3n) is 2.04. The molecule has 0 saturated carbocycles. The highest BCUT2D eigenvalue weighted by molar-refractivity contribution is 9.10. The average molecular weight is 267 g/mol. The van der Waals surface area contributed by atoms with Gasteiger partial charge in [-0.05, 0) is 24.7 Å². The molecular weight excluding hydrogens is 256 g/mol. The topological polar surface area (TPSA) is 56.7 Å². The van der Waals surface area contributed by atoms with Gasteiger partial charge in [-0.2, -0.15) is 5.10 Å². The van der Waals surface area contributed by atoms with Crippen LogP contribution in [0.25, 0.3) is 5.69 Å². The van der Waals surface area contributed by atoms with Crippen LogP contribution in [0.15, 0.2) is 35.1 Å². The van der Waals surface area contributed by atoms with Crippen LogP contribution in [0, 0.1) is 0 Å². The van der Waals surface area contributed by atoms with Crippen molar-refractivity contribution in [3.8, 4) is 5.69 Å². The van der Waals surface area contributed by atoms with Crippen LogP contribution in [0.4, 0.5) is 0 Å². The zero-order valence-corrected chi connectivity index (χ0v) is 9.68. The molecule has 2 rings (SSSR count). The van der Waals surface area contributed by atoms with Gasteiger partial charge in [-0.15, -0.1) is 0 Å². The lowest BCUT2D eigenvalue weighted by molar-refractivity contribution is 0.775. The van der Waals surface area contributed by atoms with E-state index in [1.54, 1.807) is 11.0 Å². The van der Waals surface area contributed by atoms with Crippen LogP contribution in [0.3, 0.4) is 0 Å². The molecule has 2 aromatic rings. The maximum atomic E-state index is 5.51. The Morgan fingerprint density at radius 3 is 3.00 bits per heavy atom. The van der Waals surface area contributed by atoms with Crippen LogP contribution >= 0.6 is 15.9 Å². The molecule has 0 unspecified atom stereocenters. The number of nitrogens with two attached hydrogens (primary N) is 1. The summed E-state index contributed by atoms with van der Waals surface area (Å²) in [6, 6.07) is 7.92. The zero-order chi connectivity index (χ0) is 10.7. The van der Waals surface area contributed by atoms with Crippen molar-refractivity contribution < 1.29 is 0 Å². The van der Waals surface area contributed by atoms with E-state index in [9.17, 15) is 0 Å². The van der Waals surface area contributed by atoms with Gasteiger partial charge in [-0.3, -0.25) is 0 Å². The first-order chi connectivity index (χ1) is 7.31. The average Bonchev–Trinajstić information content (AvgIpc) is 2.66. The molecule has 0 aliphatic rings. The molecule has 1 heterocycles. The van der Waals surface area contributed by atoms with E-state index in [0.29, 0.717) is 6.54 Å². The molecule has 0 radical (unpaired) electrons. The van der Waals surface area contributed by atoms with Gasteiger partial charge in [-0.25, -0.2) is 9.67 Å². The highest BCUT2D eigenvalue weighted by atomic mass is 79.9. The third kappa shape index (κ3) is 2.24. The predicted molar refractivity (Wildman–Crippen MR) is 61.8 cm³/mol. The van der Waals surface area contributed by atoms with Crippen LogP contribution < -0.4 is 5.73 Å². The Balaban J connectivity index is 2.40. The maximum Gasteiger partial charge on any atom is 0.138 e. The van der Waals surface area contributed by atoms with Crippen molar-refractivity contribution in [3.05, 3.63) is 40.9 Å². The number of halogens is 1. The predicted octanol–water partition coefficient (Wildman–Crippen LogP) is 1.53. The van der Waals surface area contributed by atoms with E-state index in [2.05, 4.69) is 26.0 Å². The van der Waals surface area contributed by atoms with Crippen molar-refractivity contribution in [1.82, 2.24) is 14.8 Å². The SMILES string of the molecule is NCCc1ncnn1-c1cccc(Br)c1. The lowest BCUT2D eigenvalue weighted by atomic mass is 10.3. The van der Waals surface area contributed by atoms with E-state index in [1.165, 1.54) is 0 Å². The molecule has 2 N–H and O–H groups in total. The van der Waals surface area contributed by atoms with Gasteiger partial charge in [0.2, 0.25) is 0 Å². The monoisotopic (exact) mass is 266 g/mol. The molecule has 78 valence electrons. The van der Waals surface area contributed by atoms with Gasteiger partial charge < -0.3 is 5.73 Å². The van der Waals surface area contributed by atoms with Gasteiger partial charge in [0.15, 0.2) is 0 Å². The van der Waals surface area contributed by atoms with E-state index in [4.69, 9.17) is 5.73 Å². The molecule has 0 amide bonds. The van der Waals surface area contributed by atoms with Gasteiger partial charge in [0.25, 0.3) is 0 Å². The number of hydrogen-bond acceptors (Lipinski definition) is 3. The standard InChI is InChI=1S/C10H11BrN4/c11-8-2-1-3-9(6-8)15-10(4-5-12)13-7-14-15/h1-3,6-7H,4-5,12H2. The van der Waals surface area contributed by atoms with Crippen LogP contribution in [0.1, 0.15) is 5.82 Å². The molecule has 15 heavy (non-hydrogen) atoms. The van der Waals surface area contributed by atoms with Crippen LogP contribution in [0.2, 0.25) is 0 Å². The molecular formula is C10H11BrN4. The highest BCUT2D eigenvalue weighted by Gasteiger charge is 2.05. The fourth-order valence-corrected chi connectivity index (χ4v) is 1.78. The van der Waals surface area contributed by atoms with Crippen LogP contribution in [-0.2, 0) is 6.42 Å². The highest BCUT2D eigenvalue weighted by Crippen LogP contribution is 2.15. The summed E-state index contributed by atoms with van der Waals surface area (Å²) < 4.78 is 2.83. The minimum Gasteiger partial charge on any atom is -0.330 e. The van der Waals surface area contributed by atoms with Crippen molar-refractivity contribution in [3.63, 3.8) is 0 Å². The van der Waals surface area contributed by atoms with Gasteiger partial charge in [-0.1, -0.05) is 22.0 Å². The van der Waals surface area contributed by atoms with E-state index < -0.39 is 0 Å². The molecule has 5 heteroatoms. The van der Waals surface area contributed by atoms with Crippen LogP contribution in [0.5, 0.6) is 0 Å². The molecule has 1 aromatic carbocycles. The molecule has 0 saturated heterocycles. The largest absolute Gasteiger partial charge is 0.330 e. The second-order valence-corrected chi connectivity index (χ2v) is 4.02. The summed E-state index contributed by atoms with van der Waals surface area (Å²) in [6.07, 6.45) is 2.28. The van der Waals surface area contributed by atoms with Crippen molar-refractivity contribution >= 4 is 15.9 Å². The second-order valence-electron chi connectivity index (χ2n) is 3.11. The lowest BCUT2D eigenvalue weighted by Crippen LogP contribution is -2.09. The molecule has 0 spiro atoms. The fourth-order valence-electron chi connectivity index (χ4n) is 1.39. The Kier molecular flexibility index (Phi) is 3.13. The number of benzene rings is 1. The van der Waals surface area contributed by atoms with Crippen molar-refractivity contribution in [2.75, 3.05) is 6.54 Å². The fraction of sp³-hybridized carbons (Fsp3) is 0.200. The summed E-state index contributed by atoms with van der Waals surface area (Å²) in [5.41, 5.74) is 6.50. The van der Waals surface area contributed by atoms with E-state index in [-0.39, 0.29) is 0 Å². The van der Waals surface area contributed by atoms with E-state index in [1.807, 2.05) is 24.3 Å². The molecule has 0 fully saturated rings. The van der Waals surface area contributed by atoms with Gasteiger partial charge in [0.1, 0.15) is 12.2 Å². The number of nitrogens with zero attached hydrogens (tertiary/aromatic N) is 3. The Labute approximate surface area is 96.3 Å². The Morgan fingerprint density at radius 2 is 2.27 bits per heavy atom. The molecule has 4 nitrogen and oxygen atoms in total. The lowest BCUT2D eigenvalue weighted by Gasteiger charge is -2.05.